The molecule has 3 saturated carbocycles. The molecule has 1 N–H and O–H groups in total. The van der Waals surface area contributed by atoms with Crippen LogP contribution in [0, 0.1) is 23.2 Å². The van der Waals surface area contributed by atoms with Gasteiger partial charge in [-0.15, -0.1) is 0 Å². The monoisotopic (exact) mass is 382 g/mol. The quantitative estimate of drug-likeness (QED) is 0.708. The predicted molar refractivity (Wildman–Crippen MR) is 120 cm³/mol. The van der Waals surface area contributed by atoms with E-state index in [4.69, 9.17) is 0 Å². The number of rotatable bonds is 3. The van der Waals surface area contributed by atoms with Crippen molar-refractivity contribution < 1.29 is 0 Å². The fraction of sp³-hybridized carbons (Fsp3) is 0.769. The summed E-state index contributed by atoms with van der Waals surface area (Å²) in [6.45, 7) is 13.0. The van der Waals surface area contributed by atoms with E-state index >= 15 is 0 Å². The van der Waals surface area contributed by atoms with Crippen LogP contribution in [-0.2, 0) is 6.54 Å². The van der Waals surface area contributed by atoms with Crippen LogP contribution in [-0.4, -0.2) is 31.1 Å². The Morgan fingerprint density at radius 2 is 1.54 bits per heavy atom. The first-order valence-corrected chi connectivity index (χ1v) is 12.0. The zero-order chi connectivity index (χ0) is 19.6. The summed E-state index contributed by atoms with van der Waals surface area (Å²) in [7, 11) is 0. The highest BCUT2D eigenvalue weighted by atomic mass is 15.2. The number of nitrogens with one attached hydrogen (secondary N) is 1. The summed E-state index contributed by atoms with van der Waals surface area (Å²) in [4.78, 5) is 2.61. The average Bonchev–Trinajstić information content (AvgIpc) is 3.28. The number of nitrogens with zero attached hydrogens (tertiary/aromatic N) is 1. The highest BCUT2D eigenvalue weighted by Gasteiger charge is 2.44. The van der Waals surface area contributed by atoms with Crippen LogP contribution in [0.25, 0.3) is 0 Å². The Balaban J connectivity index is 0.000000326. The Kier molecular flexibility index (Phi) is 6.47. The van der Waals surface area contributed by atoms with Crippen LogP contribution in [0.15, 0.2) is 24.3 Å². The molecule has 0 aromatic heterocycles. The molecule has 2 atom stereocenters. The van der Waals surface area contributed by atoms with Crippen molar-refractivity contribution in [1.82, 2.24) is 10.2 Å². The zero-order valence-corrected chi connectivity index (χ0v) is 18.6. The second-order valence-electron chi connectivity index (χ2n) is 11.0. The van der Waals surface area contributed by atoms with Crippen molar-refractivity contribution >= 4 is 0 Å². The maximum absolute atomic E-state index is 3.46. The molecule has 1 aliphatic heterocycles. The lowest BCUT2D eigenvalue weighted by atomic mass is 9.68. The Bertz CT molecular complexity index is 606. The van der Waals surface area contributed by atoms with E-state index < -0.39 is 0 Å². The van der Waals surface area contributed by atoms with Gasteiger partial charge in [-0.3, -0.25) is 4.90 Å². The van der Waals surface area contributed by atoms with Gasteiger partial charge in [0.15, 0.2) is 0 Å². The van der Waals surface area contributed by atoms with E-state index in [1.165, 1.54) is 50.6 Å². The molecule has 4 aliphatic rings. The minimum Gasteiger partial charge on any atom is -0.314 e. The Morgan fingerprint density at radius 1 is 0.893 bits per heavy atom. The molecule has 28 heavy (non-hydrogen) atoms. The van der Waals surface area contributed by atoms with Crippen LogP contribution in [0.1, 0.15) is 82.8 Å². The lowest BCUT2D eigenvalue weighted by Crippen LogP contribution is -2.43. The third kappa shape index (κ3) is 5.19. The van der Waals surface area contributed by atoms with Gasteiger partial charge in [-0.25, -0.2) is 0 Å². The van der Waals surface area contributed by atoms with E-state index in [9.17, 15) is 0 Å². The first kappa shape index (κ1) is 20.4. The fourth-order valence-corrected chi connectivity index (χ4v) is 5.64. The van der Waals surface area contributed by atoms with Gasteiger partial charge in [0.05, 0.1) is 0 Å². The maximum Gasteiger partial charge on any atom is 0.0237 e. The summed E-state index contributed by atoms with van der Waals surface area (Å²) in [6, 6.07) is 9.24. The molecule has 3 aliphatic carbocycles. The number of hydrogen-bond donors (Lipinski definition) is 1. The van der Waals surface area contributed by atoms with Crippen molar-refractivity contribution in [3.8, 4) is 0 Å². The van der Waals surface area contributed by atoms with Crippen molar-refractivity contribution in [3.05, 3.63) is 35.4 Å². The standard InChI is InChI=1S/C21H34N2.C5H8/c1-21(2,3)19-10-8-17(9-11-19)20-7-5-4-6-18(20)16-23-14-12-22-13-15-23;1-2-5-3-4(1)5/h4-7,17,19,22H,8-16H2,1-3H3;4-5H,1-3H2. The molecule has 0 radical (unpaired) electrons. The molecule has 2 unspecified atom stereocenters. The Morgan fingerprint density at radius 3 is 2.07 bits per heavy atom. The van der Waals surface area contributed by atoms with Crippen LogP contribution in [0.5, 0.6) is 0 Å². The molecule has 1 aromatic carbocycles. The van der Waals surface area contributed by atoms with Gasteiger partial charge >= 0.3 is 0 Å². The number of benzene rings is 1. The average molecular weight is 383 g/mol. The first-order chi connectivity index (χ1) is 13.5. The summed E-state index contributed by atoms with van der Waals surface area (Å²) in [5.74, 6) is 4.15. The summed E-state index contributed by atoms with van der Waals surface area (Å²) >= 11 is 0. The van der Waals surface area contributed by atoms with E-state index in [0.29, 0.717) is 5.41 Å². The van der Waals surface area contributed by atoms with E-state index in [1.807, 2.05) is 0 Å². The van der Waals surface area contributed by atoms with Crippen molar-refractivity contribution in [1.29, 1.82) is 0 Å². The van der Waals surface area contributed by atoms with Gasteiger partial charge in [-0.1, -0.05) is 45.0 Å². The molecular weight excluding hydrogens is 340 g/mol. The molecule has 1 saturated heterocycles. The Labute approximate surface area is 173 Å². The van der Waals surface area contributed by atoms with Gasteiger partial charge in [-0.2, -0.15) is 0 Å². The lowest BCUT2D eigenvalue weighted by Gasteiger charge is -2.38. The highest BCUT2D eigenvalue weighted by molar-refractivity contribution is 5.31. The van der Waals surface area contributed by atoms with Crippen molar-refractivity contribution in [2.45, 2.75) is 78.2 Å². The molecule has 4 fully saturated rings. The van der Waals surface area contributed by atoms with Crippen LogP contribution in [0.3, 0.4) is 0 Å². The largest absolute Gasteiger partial charge is 0.314 e. The van der Waals surface area contributed by atoms with Gasteiger partial charge in [0.1, 0.15) is 0 Å². The number of hydrogen-bond acceptors (Lipinski definition) is 2. The molecular formula is C26H42N2. The molecule has 0 bridgehead atoms. The predicted octanol–water partition coefficient (Wildman–Crippen LogP) is 5.83. The van der Waals surface area contributed by atoms with E-state index in [2.05, 4.69) is 55.3 Å². The van der Waals surface area contributed by atoms with E-state index in [-0.39, 0.29) is 0 Å². The van der Waals surface area contributed by atoms with Gasteiger partial charge in [0.2, 0.25) is 0 Å². The van der Waals surface area contributed by atoms with Crippen LogP contribution in [0.2, 0.25) is 0 Å². The van der Waals surface area contributed by atoms with E-state index in [0.717, 1.165) is 31.5 Å². The third-order valence-corrected chi connectivity index (χ3v) is 8.03. The first-order valence-electron chi connectivity index (χ1n) is 12.0. The molecule has 0 amide bonds. The second-order valence-corrected chi connectivity index (χ2v) is 11.0. The van der Waals surface area contributed by atoms with Crippen molar-refractivity contribution in [2.75, 3.05) is 26.2 Å². The van der Waals surface area contributed by atoms with Gasteiger partial charge < -0.3 is 5.32 Å². The smallest absolute Gasteiger partial charge is 0.0237 e. The van der Waals surface area contributed by atoms with E-state index in [1.54, 1.807) is 30.4 Å². The molecule has 5 rings (SSSR count). The zero-order valence-electron chi connectivity index (χ0n) is 18.6. The molecule has 1 aromatic rings. The van der Waals surface area contributed by atoms with Gasteiger partial charge in [-0.05, 0) is 85.2 Å². The molecule has 1 heterocycles. The maximum atomic E-state index is 3.46. The Hall–Kier alpha value is -0.860. The van der Waals surface area contributed by atoms with Crippen LogP contribution >= 0.6 is 0 Å². The number of fused-ring (bicyclic) bond motifs is 1. The summed E-state index contributed by atoms with van der Waals surface area (Å²) in [5, 5.41) is 3.46. The summed E-state index contributed by atoms with van der Waals surface area (Å²) in [5.41, 5.74) is 3.69. The normalized spacial score (nSPS) is 32.5. The lowest BCUT2D eigenvalue weighted by molar-refractivity contribution is 0.168. The second kappa shape index (κ2) is 8.88. The van der Waals surface area contributed by atoms with Gasteiger partial charge in [0, 0.05) is 32.7 Å². The highest BCUT2D eigenvalue weighted by Crippen LogP contribution is 2.55. The van der Waals surface area contributed by atoms with Crippen LogP contribution in [0.4, 0.5) is 0 Å². The number of piperazine rings is 1. The fourth-order valence-electron chi connectivity index (χ4n) is 5.64. The summed E-state index contributed by atoms with van der Waals surface area (Å²) in [6.07, 6.45) is 10.3. The third-order valence-electron chi connectivity index (χ3n) is 8.03. The van der Waals surface area contributed by atoms with Crippen molar-refractivity contribution in [3.63, 3.8) is 0 Å². The topological polar surface area (TPSA) is 15.3 Å². The molecule has 0 spiro atoms. The minimum atomic E-state index is 0.477. The summed E-state index contributed by atoms with van der Waals surface area (Å²) < 4.78 is 0. The SMILES string of the molecule is C1CC2CC12.CC(C)(C)C1CCC(c2ccccc2CN2CCNCC2)CC1. The van der Waals surface area contributed by atoms with Gasteiger partial charge in [0.25, 0.3) is 0 Å². The van der Waals surface area contributed by atoms with Crippen LogP contribution < -0.4 is 5.32 Å². The molecule has 2 heteroatoms. The minimum absolute atomic E-state index is 0.477. The van der Waals surface area contributed by atoms with Crippen molar-refractivity contribution in [2.24, 2.45) is 23.2 Å². The molecule has 2 nitrogen and oxygen atoms in total. The molecule has 156 valence electrons.